The number of nitrogens with zero attached hydrogens (tertiary/aromatic N) is 1. The lowest BCUT2D eigenvalue weighted by Gasteiger charge is -2.07. The number of Topliss-reactive ketones (excluding diaryl/α,β-unsaturated/α-hetero) is 1. The maximum atomic E-state index is 12.5. The van der Waals surface area contributed by atoms with Gasteiger partial charge in [0.15, 0.2) is 5.78 Å². The Bertz CT molecular complexity index is 953. The largest absolute Gasteiger partial charge is 0.506 e. The van der Waals surface area contributed by atoms with Crippen molar-refractivity contribution >= 4 is 40.1 Å². The number of ether oxygens (including phenoxy) is 1. The number of aliphatic imine (C=N–C) groups is 1. The molecule has 0 radical (unpaired) electrons. The smallest absolute Gasteiger partial charge is 0.341 e. The van der Waals surface area contributed by atoms with E-state index in [1.807, 2.05) is 5.38 Å². The Morgan fingerprint density at radius 2 is 2.00 bits per heavy atom. The molecule has 0 bridgehead atoms. The van der Waals surface area contributed by atoms with E-state index in [0.29, 0.717) is 27.6 Å². The van der Waals surface area contributed by atoms with E-state index in [0.717, 1.165) is 12.0 Å². The van der Waals surface area contributed by atoms with Gasteiger partial charge in [-0.2, -0.15) is 0 Å². The summed E-state index contributed by atoms with van der Waals surface area (Å²) in [5, 5.41) is 12.7. The van der Waals surface area contributed by atoms with Crippen molar-refractivity contribution in [3.05, 3.63) is 57.5 Å². The van der Waals surface area contributed by atoms with Crippen molar-refractivity contribution in [1.29, 1.82) is 0 Å². The summed E-state index contributed by atoms with van der Waals surface area (Å²) in [4.78, 5) is 29.3. The number of ketones is 1. The zero-order valence-electron chi connectivity index (χ0n) is 15.5. The van der Waals surface area contributed by atoms with E-state index >= 15 is 0 Å². The standard InChI is InChI=1S/C21H21NO4S/c1-4-26-21(25)17-13(9-12(2)3)11-27-20(17)22-10-16-18(23)14-7-5-6-8-15(14)19(16)24/h5-8,10-12,23H,4,9H2,1-3H3/b22-10+. The summed E-state index contributed by atoms with van der Waals surface area (Å²) < 4.78 is 5.18. The Kier molecular flexibility index (Phi) is 5.56. The molecular weight excluding hydrogens is 362 g/mol. The summed E-state index contributed by atoms with van der Waals surface area (Å²) in [7, 11) is 0. The number of benzene rings is 1. The molecule has 5 nitrogen and oxygen atoms in total. The number of thiophene rings is 1. The van der Waals surface area contributed by atoms with Crippen LogP contribution in [0.2, 0.25) is 0 Å². The monoisotopic (exact) mass is 383 g/mol. The predicted octanol–water partition coefficient (Wildman–Crippen LogP) is 4.99. The Morgan fingerprint density at radius 1 is 1.30 bits per heavy atom. The molecule has 6 heteroatoms. The van der Waals surface area contributed by atoms with Gasteiger partial charge in [0.25, 0.3) is 0 Å². The van der Waals surface area contributed by atoms with Crippen molar-refractivity contribution in [2.75, 3.05) is 6.61 Å². The average molecular weight is 383 g/mol. The van der Waals surface area contributed by atoms with E-state index < -0.39 is 5.97 Å². The first-order valence-electron chi connectivity index (χ1n) is 8.82. The number of carbonyl (C=O) groups excluding carboxylic acids is 2. The number of fused-ring (bicyclic) bond motifs is 1. The molecule has 3 rings (SSSR count). The number of hydrogen-bond acceptors (Lipinski definition) is 6. The molecule has 1 aromatic heterocycles. The molecule has 0 aliphatic heterocycles. The quantitative estimate of drug-likeness (QED) is 0.563. The second-order valence-electron chi connectivity index (χ2n) is 6.65. The fraction of sp³-hybridized carbons (Fsp3) is 0.286. The first-order chi connectivity index (χ1) is 12.9. The van der Waals surface area contributed by atoms with Crippen LogP contribution in [-0.2, 0) is 11.2 Å². The molecule has 0 unspecified atom stereocenters. The zero-order chi connectivity index (χ0) is 19.6. The van der Waals surface area contributed by atoms with E-state index in [1.54, 1.807) is 31.2 Å². The van der Waals surface area contributed by atoms with Crippen molar-refractivity contribution in [2.45, 2.75) is 27.2 Å². The van der Waals surface area contributed by atoms with Crippen LogP contribution in [0.15, 0.2) is 40.2 Å². The molecule has 1 aliphatic rings. The molecule has 1 N–H and O–H groups in total. The molecule has 0 spiro atoms. The van der Waals surface area contributed by atoms with Crippen molar-refractivity contribution in [1.82, 2.24) is 0 Å². The van der Waals surface area contributed by atoms with Crippen LogP contribution < -0.4 is 0 Å². The van der Waals surface area contributed by atoms with Crippen molar-refractivity contribution in [3.63, 3.8) is 0 Å². The number of aliphatic hydroxyl groups excluding tert-OH is 1. The lowest BCUT2D eigenvalue weighted by molar-refractivity contribution is 0.0526. The summed E-state index contributed by atoms with van der Waals surface area (Å²) in [5.74, 6) is -0.400. The minimum Gasteiger partial charge on any atom is -0.506 e. The van der Waals surface area contributed by atoms with Crippen LogP contribution in [0.3, 0.4) is 0 Å². The summed E-state index contributed by atoms with van der Waals surface area (Å²) in [6.07, 6.45) is 2.07. The number of esters is 1. The fourth-order valence-corrected chi connectivity index (χ4v) is 3.93. The molecule has 2 aromatic rings. The first kappa shape index (κ1) is 19.0. The van der Waals surface area contributed by atoms with Crippen molar-refractivity contribution < 1.29 is 19.4 Å². The van der Waals surface area contributed by atoms with Crippen molar-refractivity contribution in [3.8, 4) is 0 Å². The second kappa shape index (κ2) is 7.88. The SMILES string of the molecule is CCOC(=O)c1c(CC(C)C)csc1/N=C/C1=C(O)c2ccccc2C1=O. The highest BCUT2D eigenvalue weighted by molar-refractivity contribution is 7.14. The van der Waals surface area contributed by atoms with Crippen molar-refractivity contribution in [2.24, 2.45) is 10.9 Å². The van der Waals surface area contributed by atoms with E-state index in [-0.39, 0.29) is 23.7 Å². The average Bonchev–Trinajstić information content (AvgIpc) is 3.13. The second-order valence-corrected chi connectivity index (χ2v) is 7.51. The zero-order valence-corrected chi connectivity index (χ0v) is 16.3. The number of allylic oxidation sites excluding steroid dienone is 1. The third-order valence-electron chi connectivity index (χ3n) is 4.19. The van der Waals surface area contributed by atoms with Gasteiger partial charge >= 0.3 is 5.97 Å². The summed E-state index contributed by atoms with van der Waals surface area (Å²) in [6.45, 7) is 6.19. The van der Waals surface area contributed by atoms with Gasteiger partial charge in [-0.05, 0) is 30.2 Å². The molecule has 0 saturated carbocycles. The maximum absolute atomic E-state index is 12.5. The van der Waals surface area contributed by atoms with Gasteiger partial charge < -0.3 is 9.84 Å². The first-order valence-corrected chi connectivity index (χ1v) is 9.70. The summed E-state index contributed by atoms with van der Waals surface area (Å²) >= 11 is 1.33. The normalized spacial score (nSPS) is 13.7. The Balaban J connectivity index is 1.96. The van der Waals surface area contributed by atoms with Crippen LogP contribution in [0.25, 0.3) is 5.76 Å². The van der Waals surface area contributed by atoms with Gasteiger partial charge in [0.1, 0.15) is 10.8 Å². The molecular formula is C21H21NO4S. The van der Waals surface area contributed by atoms with Gasteiger partial charge in [0.05, 0.1) is 17.7 Å². The highest BCUT2D eigenvalue weighted by Gasteiger charge is 2.28. The lowest BCUT2D eigenvalue weighted by atomic mass is 10.0. The number of hydrogen-bond donors (Lipinski definition) is 1. The van der Waals surface area contributed by atoms with Gasteiger partial charge in [0.2, 0.25) is 0 Å². The molecule has 1 aromatic carbocycles. The van der Waals surface area contributed by atoms with E-state index in [2.05, 4.69) is 18.8 Å². The number of aliphatic hydroxyl groups is 1. The molecule has 140 valence electrons. The van der Waals surface area contributed by atoms with Crippen LogP contribution >= 0.6 is 11.3 Å². The third kappa shape index (κ3) is 3.71. The third-order valence-corrected chi connectivity index (χ3v) is 5.13. The Labute approximate surface area is 162 Å². The van der Waals surface area contributed by atoms with E-state index in [9.17, 15) is 14.7 Å². The number of carbonyl (C=O) groups is 2. The van der Waals surface area contributed by atoms with E-state index in [4.69, 9.17) is 4.74 Å². The minimum atomic E-state index is -0.416. The van der Waals surface area contributed by atoms with Gasteiger partial charge in [-0.25, -0.2) is 9.79 Å². The molecule has 0 amide bonds. The Hall–Kier alpha value is -2.73. The highest BCUT2D eigenvalue weighted by atomic mass is 32.1. The minimum absolute atomic E-state index is 0.0870. The molecule has 27 heavy (non-hydrogen) atoms. The van der Waals surface area contributed by atoms with E-state index in [1.165, 1.54) is 17.6 Å². The van der Waals surface area contributed by atoms with Gasteiger partial charge in [-0.1, -0.05) is 38.1 Å². The van der Waals surface area contributed by atoms with Gasteiger partial charge in [-0.3, -0.25) is 4.79 Å². The molecule has 1 heterocycles. The van der Waals surface area contributed by atoms with Gasteiger partial charge in [-0.15, -0.1) is 11.3 Å². The number of rotatable bonds is 6. The molecule has 1 aliphatic carbocycles. The molecule has 0 atom stereocenters. The maximum Gasteiger partial charge on any atom is 0.341 e. The summed E-state index contributed by atoms with van der Waals surface area (Å²) in [6, 6.07) is 6.88. The van der Waals surface area contributed by atoms with Crippen LogP contribution in [0, 0.1) is 5.92 Å². The molecule has 0 saturated heterocycles. The topological polar surface area (TPSA) is 76.0 Å². The van der Waals surface area contributed by atoms with Crippen LogP contribution in [0.5, 0.6) is 0 Å². The predicted molar refractivity (Wildman–Crippen MR) is 107 cm³/mol. The van der Waals surface area contributed by atoms with Crippen LogP contribution in [0.1, 0.15) is 52.6 Å². The Morgan fingerprint density at radius 3 is 2.63 bits per heavy atom. The molecule has 0 fully saturated rings. The highest BCUT2D eigenvalue weighted by Crippen LogP contribution is 2.35. The van der Waals surface area contributed by atoms with Gasteiger partial charge in [0, 0.05) is 17.3 Å². The summed E-state index contributed by atoms with van der Waals surface area (Å²) in [5.41, 5.74) is 2.41. The van der Waals surface area contributed by atoms with Crippen LogP contribution in [-0.4, -0.2) is 29.7 Å². The lowest BCUT2D eigenvalue weighted by Crippen LogP contribution is -2.08. The fourth-order valence-electron chi connectivity index (χ4n) is 3.02. The van der Waals surface area contributed by atoms with Crippen LogP contribution in [0.4, 0.5) is 5.00 Å².